The van der Waals surface area contributed by atoms with Crippen molar-refractivity contribution in [1.29, 1.82) is 0 Å². The summed E-state index contributed by atoms with van der Waals surface area (Å²) < 4.78 is 0. The van der Waals surface area contributed by atoms with Gasteiger partial charge in [0.05, 0.1) is 0 Å². The van der Waals surface area contributed by atoms with Crippen LogP contribution in [0.2, 0.25) is 0 Å². The highest BCUT2D eigenvalue weighted by Gasteiger charge is 2.11. The quantitative estimate of drug-likeness (QED) is 0.785. The monoisotopic (exact) mass is 213 g/mol. The van der Waals surface area contributed by atoms with Gasteiger partial charge in [-0.1, -0.05) is 12.1 Å². The highest BCUT2D eigenvalue weighted by molar-refractivity contribution is 6.17. The summed E-state index contributed by atoms with van der Waals surface area (Å²) in [7, 11) is 0. The first-order chi connectivity index (χ1) is 6.69. The summed E-state index contributed by atoms with van der Waals surface area (Å²) in [6, 6.07) is 7.21. The molecule has 0 aliphatic carbocycles. The number of amides is 1. The minimum atomic E-state index is -0.945. The second-order valence-corrected chi connectivity index (χ2v) is 3.10. The van der Waals surface area contributed by atoms with Crippen LogP contribution in [0.1, 0.15) is 12.5 Å². The predicted octanol–water partition coefficient (Wildman–Crippen LogP) is 2.93. The van der Waals surface area contributed by atoms with Crippen LogP contribution in [0.3, 0.4) is 0 Å². The molecule has 14 heavy (non-hydrogen) atoms. The third kappa shape index (κ3) is 2.39. The smallest absolute Gasteiger partial charge is 0.411 e. The minimum Gasteiger partial charge on any atom is -0.465 e. The van der Waals surface area contributed by atoms with Crippen molar-refractivity contribution < 1.29 is 9.90 Å². The fourth-order valence-corrected chi connectivity index (χ4v) is 1.40. The molecule has 0 heterocycles. The van der Waals surface area contributed by atoms with Crippen molar-refractivity contribution in [3.63, 3.8) is 0 Å². The zero-order valence-electron chi connectivity index (χ0n) is 7.90. The lowest BCUT2D eigenvalue weighted by Gasteiger charge is -2.17. The van der Waals surface area contributed by atoms with Gasteiger partial charge >= 0.3 is 6.09 Å². The Balaban J connectivity index is 2.98. The Morgan fingerprint density at radius 1 is 1.57 bits per heavy atom. The zero-order chi connectivity index (χ0) is 10.6. The molecule has 1 amide bonds. The topological polar surface area (TPSA) is 40.5 Å². The van der Waals surface area contributed by atoms with E-state index in [0.717, 1.165) is 5.56 Å². The van der Waals surface area contributed by atoms with Crippen molar-refractivity contribution in [3.8, 4) is 0 Å². The molecule has 0 atom stereocenters. The van der Waals surface area contributed by atoms with E-state index in [2.05, 4.69) is 0 Å². The molecular weight excluding hydrogens is 202 g/mol. The molecule has 1 aromatic rings. The van der Waals surface area contributed by atoms with Gasteiger partial charge in [-0.15, -0.1) is 11.6 Å². The van der Waals surface area contributed by atoms with Gasteiger partial charge in [-0.25, -0.2) is 4.79 Å². The van der Waals surface area contributed by atoms with E-state index in [9.17, 15) is 4.79 Å². The Bertz CT molecular complexity index is 328. The normalized spacial score (nSPS) is 9.86. The molecule has 3 nitrogen and oxygen atoms in total. The highest BCUT2D eigenvalue weighted by atomic mass is 35.5. The van der Waals surface area contributed by atoms with Crippen LogP contribution in [0, 0.1) is 0 Å². The predicted molar refractivity (Wildman–Crippen MR) is 57.0 cm³/mol. The zero-order valence-corrected chi connectivity index (χ0v) is 8.66. The molecule has 0 unspecified atom stereocenters. The first kappa shape index (κ1) is 10.9. The number of benzene rings is 1. The molecule has 76 valence electrons. The lowest BCUT2D eigenvalue weighted by molar-refractivity contribution is 0.202. The van der Waals surface area contributed by atoms with E-state index < -0.39 is 6.09 Å². The average Bonchev–Trinajstić information content (AvgIpc) is 2.19. The van der Waals surface area contributed by atoms with Crippen molar-refractivity contribution in [3.05, 3.63) is 29.8 Å². The molecule has 0 radical (unpaired) electrons. The molecule has 0 fully saturated rings. The van der Waals surface area contributed by atoms with Crippen LogP contribution in [0.25, 0.3) is 0 Å². The molecule has 0 aromatic heterocycles. The molecule has 1 aromatic carbocycles. The number of hydrogen-bond donors (Lipinski definition) is 1. The second kappa shape index (κ2) is 4.86. The van der Waals surface area contributed by atoms with Gasteiger partial charge in [0.15, 0.2) is 0 Å². The van der Waals surface area contributed by atoms with Crippen LogP contribution < -0.4 is 4.90 Å². The molecule has 0 aliphatic heterocycles. The van der Waals surface area contributed by atoms with Crippen molar-refractivity contribution >= 4 is 23.4 Å². The molecule has 0 spiro atoms. The van der Waals surface area contributed by atoms with E-state index in [-0.39, 0.29) is 0 Å². The van der Waals surface area contributed by atoms with Gasteiger partial charge in [0.1, 0.15) is 0 Å². The molecule has 1 N–H and O–H groups in total. The number of nitrogens with zero attached hydrogens (tertiary/aromatic N) is 1. The number of hydrogen-bond acceptors (Lipinski definition) is 1. The van der Waals surface area contributed by atoms with Gasteiger partial charge in [-0.2, -0.15) is 0 Å². The molecule has 4 heteroatoms. The van der Waals surface area contributed by atoms with Crippen molar-refractivity contribution in [2.75, 3.05) is 11.4 Å². The summed E-state index contributed by atoms with van der Waals surface area (Å²) in [5.74, 6) is 0.394. The van der Waals surface area contributed by atoms with E-state index in [1.165, 1.54) is 4.90 Å². The summed E-state index contributed by atoms with van der Waals surface area (Å²) in [4.78, 5) is 12.1. The Kier molecular flexibility index (Phi) is 3.77. The summed E-state index contributed by atoms with van der Waals surface area (Å²) in [6.07, 6.45) is -0.945. The van der Waals surface area contributed by atoms with Gasteiger partial charge in [0.2, 0.25) is 0 Å². The van der Waals surface area contributed by atoms with Crippen molar-refractivity contribution in [2.45, 2.75) is 12.8 Å². The third-order valence-electron chi connectivity index (χ3n) is 1.92. The summed E-state index contributed by atoms with van der Waals surface area (Å²) >= 11 is 5.66. The number of halogens is 1. The Morgan fingerprint density at radius 2 is 2.29 bits per heavy atom. The van der Waals surface area contributed by atoms with Crippen molar-refractivity contribution in [1.82, 2.24) is 0 Å². The fraction of sp³-hybridized carbons (Fsp3) is 0.300. The van der Waals surface area contributed by atoms with E-state index in [1.54, 1.807) is 25.1 Å². The molecule has 0 bridgehead atoms. The number of alkyl halides is 1. The first-order valence-corrected chi connectivity index (χ1v) is 4.87. The van der Waals surface area contributed by atoms with Crippen LogP contribution >= 0.6 is 11.6 Å². The van der Waals surface area contributed by atoms with E-state index in [1.807, 2.05) is 6.07 Å². The van der Waals surface area contributed by atoms with Crippen LogP contribution in [0.4, 0.5) is 10.5 Å². The Labute approximate surface area is 87.9 Å². The average molecular weight is 214 g/mol. The maximum atomic E-state index is 10.8. The second-order valence-electron chi connectivity index (χ2n) is 2.83. The number of carboxylic acid groups (broad SMARTS) is 1. The van der Waals surface area contributed by atoms with E-state index in [4.69, 9.17) is 16.7 Å². The Morgan fingerprint density at radius 3 is 2.79 bits per heavy atom. The van der Waals surface area contributed by atoms with Crippen molar-refractivity contribution in [2.24, 2.45) is 0 Å². The largest absolute Gasteiger partial charge is 0.465 e. The highest BCUT2D eigenvalue weighted by Crippen LogP contribution is 2.17. The number of carbonyl (C=O) groups is 1. The number of anilines is 1. The standard InChI is InChI=1S/C10H12ClNO2/c1-2-12(10(13)14)9-5-3-4-8(6-9)7-11/h3-6H,2,7H2,1H3,(H,13,14). The first-order valence-electron chi connectivity index (χ1n) is 4.34. The van der Waals surface area contributed by atoms with E-state index >= 15 is 0 Å². The molecular formula is C10H12ClNO2. The van der Waals surface area contributed by atoms with Gasteiger partial charge in [-0.05, 0) is 24.6 Å². The van der Waals surface area contributed by atoms with E-state index in [0.29, 0.717) is 18.1 Å². The fourth-order valence-electron chi connectivity index (χ4n) is 1.24. The van der Waals surface area contributed by atoms with Gasteiger partial charge < -0.3 is 5.11 Å². The summed E-state index contributed by atoms with van der Waals surface area (Å²) in [6.45, 7) is 2.22. The number of rotatable bonds is 3. The SMILES string of the molecule is CCN(C(=O)O)c1cccc(CCl)c1. The molecule has 1 rings (SSSR count). The van der Waals surface area contributed by atoms with Crippen LogP contribution in [0.5, 0.6) is 0 Å². The van der Waals surface area contributed by atoms with Gasteiger partial charge in [0, 0.05) is 18.1 Å². The van der Waals surface area contributed by atoms with Gasteiger partial charge in [0.25, 0.3) is 0 Å². The summed E-state index contributed by atoms with van der Waals surface area (Å²) in [5, 5.41) is 8.88. The third-order valence-corrected chi connectivity index (χ3v) is 2.23. The maximum absolute atomic E-state index is 10.8. The molecule has 0 saturated heterocycles. The molecule has 0 saturated carbocycles. The lowest BCUT2D eigenvalue weighted by atomic mass is 10.2. The van der Waals surface area contributed by atoms with Crippen LogP contribution in [-0.2, 0) is 5.88 Å². The Hall–Kier alpha value is -1.22. The maximum Gasteiger partial charge on any atom is 0.411 e. The molecule has 0 aliphatic rings. The lowest BCUT2D eigenvalue weighted by Crippen LogP contribution is -2.28. The van der Waals surface area contributed by atoms with Gasteiger partial charge in [-0.3, -0.25) is 4.90 Å². The van der Waals surface area contributed by atoms with Crippen LogP contribution in [-0.4, -0.2) is 17.7 Å². The minimum absolute atomic E-state index is 0.394. The van der Waals surface area contributed by atoms with Crippen LogP contribution in [0.15, 0.2) is 24.3 Å². The summed E-state index contributed by atoms with van der Waals surface area (Å²) in [5.41, 5.74) is 1.59.